The van der Waals surface area contributed by atoms with E-state index in [0.717, 1.165) is 0 Å². The fourth-order valence-corrected chi connectivity index (χ4v) is 1.82. The molecular weight excluding hydrogens is 264 g/mol. The molecule has 0 saturated carbocycles. The Morgan fingerprint density at radius 1 is 1.18 bits per heavy atom. The number of aliphatic hydroxyl groups excluding tert-OH is 1. The van der Waals surface area contributed by atoms with Crippen molar-refractivity contribution in [1.82, 2.24) is 4.98 Å². The highest BCUT2D eigenvalue weighted by Gasteiger charge is 2.12. The van der Waals surface area contributed by atoms with E-state index < -0.39 is 5.82 Å². The molecule has 0 spiro atoms. The van der Waals surface area contributed by atoms with Gasteiger partial charge in [0.25, 0.3) is 0 Å². The lowest BCUT2D eigenvalue weighted by molar-refractivity contribution is 0.276. The van der Waals surface area contributed by atoms with Crippen molar-refractivity contribution in [2.75, 3.05) is 0 Å². The number of nitrogens with zero attached hydrogens (tertiary/aromatic N) is 1. The van der Waals surface area contributed by atoms with Gasteiger partial charge in [-0.25, -0.2) is 9.37 Å². The smallest absolute Gasteiger partial charge is 0.149 e. The molecule has 88 valence electrons. The van der Waals surface area contributed by atoms with Gasteiger partial charge in [0, 0.05) is 10.6 Å². The van der Waals surface area contributed by atoms with Gasteiger partial charge in [0.15, 0.2) is 0 Å². The summed E-state index contributed by atoms with van der Waals surface area (Å²) in [5.41, 5.74) is 0.869. The number of benzene rings is 1. The zero-order chi connectivity index (χ0) is 12.4. The quantitative estimate of drug-likeness (QED) is 0.904. The van der Waals surface area contributed by atoms with Crippen molar-refractivity contribution in [3.05, 3.63) is 51.9 Å². The Bertz CT molecular complexity index is 560. The molecule has 0 atom stereocenters. The third-order valence-corrected chi connectivity index (χ3v) is 2.81. The SMILES string of the molecule is OCc1ccc(F)c(-c2cc(Cl)ccc2Cl)n1. The maximum atomic E-state index is 13.7. The van der Waals surface area contributed by atoms with E-state index in [1.165, 1.54) is 18.2 Å². The Labute approximate surface area is 108 Å². The predicted molar refractivity (Wildman–Crippen MR) is 65.6 cm³/mol. The Kier molecular flexibility index (Phi) is 3.62. The van der Waals surface area contributed by atoms with Gasteiger partial charge in [-0.1, -0.05) is 23.2 Å². The van der Waals surface area contributed by atoms with E-state index >= 15 is 0 Å². The monoisotopic (exact) mass is 271 g/mol. The molecule has 0 aliphatic rings. The molecule has 2 aromatic rings. The summed E-state index contributed by atoms with van der Waals surface area (Å²) in [5, 5.41) is 9.78. The predicted octanol–water partition coefficient (Wildman–Crippen LogP) is 3.69. The molecule has 0 bridgehead atoms. The van der Waals surface area contributed by atoms with Crippen LogP contribution in [0.4, 0.5) is 4.39 Å². The molecule has 0 radical (unpaired) electrons. The van der Waals surface area contributed by atoms with Gasteiger partial charge >= 0.3 is 0 Å². The fourth-order valence-electron chi connectivity index (χ4n) is 1.44. The first kappa shape index (κ1) is 12.3. The minimum absolute atomic E-state index is 0.0871. The molecule has 17 heavy (non-hydrogen) atoms. The Morgan fingerprint density at radius 3 is 2.65 bits per heavy atom. The molecule has 0 saturated heterocycles. The van der Waals surface area contributed by atoms with Crippen LogP contribution in [0.2, 0.25) is 10.0 Å². The van der Waals surface area contributed by atoms with Crippen LogP contribution in [0.25, 0.3) is 11.3 Å². The highest BCUT2D eigenvalue weighted by molar-refractivity contribution is 6.35. The van der Waals surface area contributed by atoms with Gasteiger partial charge in [-0.3, -0.25) is 0 Å². The zero-order valence-corrected chi connectivity index (χ0v) is 10.1. The zero-order valence-electron chi connectivity index (χ0n) is 8.62. The number of aromatic nitrogens is 1. The fraction of sp³-hybridized carbons (Fsp3) is 0.0833. The van der Waals surface area contributed by atoms with Crippen molar-refractivity contribution in [2.24, 2.45) is 0 Å². The van der Waals surface area contributed by atoms with Crippen molar-refractivity contribution >= 4 is 23.2 Å². The molecule has 1 N–H and O–H groups in total. The summed E-state index contributed by atoms with van der Waals surface area (Å²) in [7, 11) is 0. The number of pyridine rings is 1. The molecule has 0 amide bonds. The minimum atomic E-state index is -0.508. The number of hydrogen-bond acceptors (Lipinski definition) is 2. The normalized spacial score (nSPS) is 10.6. The first-order chi connectivity index (χ1) is 8.11. The van der Waals surface area contributed by atoms with E-state index in [0.29, 0.717) is 21.3 Å². The van der Waals surface area contributed by atoms with E-state index in [-0.39, 0.29) is 12.3 Å². The van der Waals surface area contributed by atoms with Gasteiger partial charge in [-0.05, 0) is 30.3 Å². The largest absolute Gasteiger partial charge is 0.390 e. The standard InChI is InChI=1S/C12H8Cl2FNO/c13-7-1-3-10(14)9(5-7)12-11(15)4-2-8(6-17)16-12/h1-5,17H,6H2. The van der Waals surface area contributed by atoms with Gasteiger partial charge in [-0.2, -0.15) is 0 Å². The van der Waals surface area contributed by atoms with Crippen molar-refractivity contribution in [1.29, 1.82) is 0 Å². The molecule has 2 nitrogen and oxygen atoms in total. The van der Waals surface area contributed by atoms with E-state index in [2.05, 4.69) is 4.98 Å². The second-order valence-corrected chi connectivity index (χ2v) is 4.26. The molecule has 0 fully saturated rings. The summed E-state index contributed by atoms with van der Waals surface area (Å²) < 4.78 is 13.7. The first-order valence-corrected chi connectivity index (χ1v) is 5.59. The summed E-state index contributed by atoms with van der Waals surface area (Å²) in [5.74, 6) is -0.508. The average molecular weight is 272 g/mol. The van der Waals surface area contributed by atoms with Crippen molar-refractivity contribution in [2.45, 2.75) is 6.61 Å². The van der Waals surface area contributed by atoms with Gasteiger partial charge in [0.1, 0.15) is 11.5 Å². The maximum absolute atomic E-state index is 13.7. The van der Waals surface area contributed by atoms with E-state index in [1.807, 2.05) is 0 Å². The van der Waals surface area contributed by atoms with E-state index in [9.17, 15) is 4.39 Å². The maximum Gasteiger partial charge on any atom is 0.149 e. The molecule has 0 aliphatic carbocycles. The Hall–Kier alpha value is -1.16. The Balaban J connectivity index is 2.62. The van der Waals surface area contributed by atoms with Crippen LogP contribution in [0.15, 0.2) is 30.3 Å². The van der Waals surface area contributed by atoms with Crippen LogP contribution in [0, 0.1) is 5.82 Å². The van der Waals surface area contributed by atoms with E-state index in [4.69, 9.17) is 28.3 Å². The van der Waals surface area contributed by atoms with Crippen LogP contribution < -0.4 is 0 Å². The second-order valence-electron chi connectivity index (χ2n) is 3.42. The van der Waals surface area contributed by atoms with E-state index in [1.54, 1.807) is 12.1 Å². The van der Waals surface area contributed by atoms with Crippen LogP contribution in [-0.4, -0.2) is 10.1 Å². The Morgan fingerprint density at radius 2 is 1.94 bits per heavy atom. The van der Waals surface area contributed by atoms with Crippen LogP contribution >= 0.6 is 23.2 Å². The average Bonchev–Trinajstić information content (AvgIpc) is 2.33. The highest BCUT2D eigenvalue weighted by Crippen LogP contribution is 2.31. The summed E-state index contributed by atoms with van der Waals surface area (Å²) in [6.07, 6.45) is 0. The molecule has 1 heterocycles. The van der Waals surface area contributed by atoms with Crippen molar-refractivity contribution < 1.29 is 9.50 Å². The van der Waals surface area contributed by atoms with Crippen LogP contribution in [0.3, 0.4) is 0 Å². The molecule has 0 aliphatic heterocycles. The van der Waals surface area contributed by atoms with Gasteiger partial charge < -0.3 is 5.11 Å². The lowest BCUT2D eigenvalue weighted by Gasteiger charge is -2.07. The third-order valence-electron chi connectivity index (χ3n) is 2.25. The van der Waals surface area contributed by atoms with Crippen LogP contribution in [0.1, 0.15) is 5.69 Å². The van der Waals surface area contributed by atoms with Gasteiger partial charge in [0.05, 0.1) is 17.3 Å². The molecular formula is C12H8Cl2FNO. The molecule has 2 rings (SSSR count). The summed E-state index contributed by atoms with van der Waals surface area (Å²) >= 11 is 11.8. The number of hydrogen-bond donors (Lipinski definition) is 1. The highest BCUT2D eigenvalue weighted by atomic mass is 35.5. The number of aliphatic hydroxyl groups is 1. The summed E-state index contributed by atoms with van der Waals surface area (Å²) in [6, 6.07) is 7.38. The number of rotatable bonds is 2. The van der Waals surface area contributed by atoms with Crippen molar-refractivity contribution in [3.8, 4) is 11.3 Å². The number of halogens is 3. The third kappa shape index (κ3) is 2.57. The van der Waals surface area contributed by atoms with Crippen LogP contribution in [-0.2, 0) is 6.61 Å². The van der Waals surface area contributed by atoms with Crippen molar-refractivity contribution in [3.63, 3.8) is 0 Å². The lowest BCUT2D eigenvalue weighted by atomic mass is 10.1. The topological polar surface area (TPSA) is 33.1 Å². The molecule has 1 aromatic heterocycles. The van der Waals surface area contributed by atoms with Crippen LogP contribution in [0.5, 0.6) is 0 Å². The summed E-state index contributed by atoms with van der Waals surface area (Å²) in [4.78, 5) is 3.99. The van der Waals surface area contributed by atoms with Gasteiger partial charge in [0.2, 0.25) is 0 Å². The summed E-state index contributed by atoms with van der Waals surface area (Å²) in [6.45, 7) is -0.258. The lowest BCUT2D eigenvalue weighted by Crippen LogP contribution is -1.96. The molecule has 1 aromatic carbocycles. The minimum Gasteiger partial charge on any atom is -0.390 e. The van der Waals surface area contributed by atoms with Gasteiger partial charge in [-0.15, -0.1) is 0 Å². The molecule has 0 unspecified atom stereocenters. The first-order valence-electron chi connectivity index (χ1n) is 4.83. The molecule has 5 heteroatoms. The second kappa shape index (κ2) is 5.00.